The van der Waals surface area contributed by atoms with Crippen molar-refractivity contribution < 1.29 is 14.0 Å². The number of benzene rings is 1. The molecule has 0 unspecified atom stereocenters. The Bertz CT molecular complexity index is 494. The van der Waals surface area contributed by atoms with Crippen molar-refractivity contribution in [1.82, 2.24) is 5.16 Å². The second-order valence-electron chi connectivity index (χ2n) is 3.19. The molecule has 1 aromatic heterocycles. The van der Waals surface area contributed by atoms with E-state index < -0.39 is 0 Å². The topological polar surface area (TPSA) is 70.5 Å². The fourth-order valence-corrected chi connectivity index (χ4v) is 1.41. The average Bonchev–Trinajstić information content (AvgIpc) is 2.75. The first kappa shape index (κ1) is 10.4. The van der Waals surface area contributed by atoms with Crippen LogP contribution < -0.4 is 15.2 Å². The van der Waals surface area contributed by atoms with Crippen molar-refractivity contribution in [2.45, 2.75) is 0 Å². The Kier molecular flexibility index (Phi) is 2.68. The van der Waals surface area contributed by atoms with Crippen LogP contribution in [-0.2, 0) is 0 Å². The molecule has 0 saturated carbocycles. The van der Waals surface area contributed by atoms with Crippen LogP contribution >= 0.6 is 0 Å². The molecule has 0 spiro atoms. The van der Waals surface area contributed by atoms with Gasteiger partial charge in [-0.2, -0.15) is 0 Å². The zero-order valence-corrected chi connectivity index (χ0v) is 9.06. The summed E-state index contributed by atoms with van der Waals surface area (Å²) in [5.41, 5.74) is 6.32. The highest BCUT2D eigenvalue weighted by atomic mass is 16.5. The Morgan fingerprint density at radius 2 is 1.88 bits per heavy atom. The van der Waals surface area contributed by atoms with Crippen LogP contribution in [0, 0.1) is 0 Å². The summed E-state index contributed by atoms with van der Waals surface area (Å²) in [6.45, 7) is 0. The van der Waals surface area contributed by atoms with E-state index in [1.807, 2.05) is 6.07 Å². The number of hydrogen-bond donors (Lipinski definition) is 1. The van der Waals surface area contributed by atoms with E-state index in [-0.39, 0.29) is 0 Å². The van der Waals surface area contributed by atoms with E-state index in [0.717, 1.165) is 5.56 Å². The minimum Gasteiger partial charge on any atom is -0.493 e. The Labute approximate surface area is 92.8 Å². The van der Waals surface area contributed by atoms with Gasteiger partial charge in [0.2, 0.25) is 0 Å². The zero-order valence-electron chi connectivity index (χ0n) is 9.06. The van der Waals surface area contributed by atoms with Crippen molar-refractivity contribution in [3.05, 3.63) is 24.3 Å². The van der Waals surface area contributed by atoms with Crippen molar-refractivity contribution >= 4 is 5.82 Å². The number of nitrogens with two attached hydrogens (primary N) is 1. The third-order valence-electron chi connectivity index (χ3n) is 2.20. The summed E-state index contributed by atoms with van der Waals surface area (Å²) >= 11 is 0. The number of nitrogen functional groups attached to an aromatic ring is 1. The average molecular weight is 220 g/mol. The van der Waals surface area contributed by atoms with E-state index in [0.29, 0.717) is 23.1 Å². The van der Waals surface area contributed by atoms with Crippen LogP contribution in [0.15, 0.2) is 28.8 Å². The molecule has 0 aliphatic rings. The smallest absolute Gasteiger partial charge is 0.169 e. The number of anilines is 1. The SMILES string of the molecule is COc1ccc(-c2cc(N)no2)cc1OC. The number of hydrogen-bond acceptors (Lipinski definition) is 5. The Hall–Kier alpha value is -2.17. The molecule has 5 heteroatoms. The third kappa shape index (κ3) is 1.79. The molecule has 5 nitrogen and oxygen atoms in total. The molecule has 0 fully saturated rings. The van der Waals surface area contributed by atoms with Crippen LogP contribution in [-0.4, -0.2) is 19.4 Å². The van der Waals surface area contributed by atoms with Gasteiger partial charge in [0.15, 0.2) is 23.1 Å². The minimum absolute atomic E-state index is 0.352. The number of rotatable bonds is 3. The van der Waals surface area contributed by atoms with Crippen molar-refractivity contribution in [2.24, 2.45) is 0 Å². The van der Waals surface area contributed by atoms with Crippen LogP contribution in [0.3, 0.4) is 0 Å². The van der Waals surface area contributed by atoms with Crippen LogP contribution in [0.2, 0.25) is 0 Å². The predicted octanol–water partition coefficient (Wildman–Crippen LogP) is 1.94. The van der Waals surface area contributed by atoms with Gasteiger partial charge in [-0.05, 0) is 18.2 Å². The highest BCUT2D eigenvalue weighted by molar-refractivity contribution is 5.64. The first-order valence-corrected chi connectivity index (χ1v) is 4.69. The Balaban J connectivity index is 2.43. The van der Waals surface area contributed by atoms with Crippen LogP contribution in [0.1, 0.15) is 0 Å². The molecule has 0 amide bonds. The lowest BCUT2D eigenvalue weighted by Crippen LogP contribution is -1.90. The first-order chi connectivity index (χ1) is 7.74. The molecule has 84 valence electrons. The Morgan fingerprint density at radius 1 is 1.12 bits per heavy atom. The second-order valence-corrected chi connectivity index (χ2v) is 3.19. The van der Waals surface area contributed by atoms with E-state index >= 15 is 0 Å². The second kappa shape index (κ2) is 4.14. The predicted molar refractivity (Wildman–Crippen MR) is 59.5 cm³/mol. The molecule has 0 saturated heterocycles. The first-order valence-electron chi connectivity index (χ1n) is 4.69. The van der Waals surface area contributed by atoms with Gasteiger partial charge in [0.1, 0.15) is 0 Å². The van der Waals surface area contributed by atoms with Crippen LogP contribution in [0.5, 0.6) is 11.5 Å². The molecule has 2 rings (SSSR count). The number of methoxy groups -OCH3 is 2. The lowest BCUT2D eigenvalue weighted by Gasteiger charge is -2.07. The maximum Gasteiger partial charge on any atom is 0.169 e. The van der Waals surface area contributed by atoms with Gasteiger partial charge in [0.05, 0.1) is 14.2 Å². The van der Waals surface area contributed by atoms with Gasteiger partial charge in [-0.3, -0.25) is 0 Å². The van der Waals surface area contributed by atoms with Gasteiger partial charge in [-0.1, -0.05) is 5.16 Å². The largest absolute Gasteiger partial charge is 0.493 e. The molecule has 0 atom stereocenters. The zero-order chi connectivity index (χ0) is 11.5. The molecule has 16 heavy (non-hydrogen) atoms. The number of nitrogens with zero attached hydrogens (tertiary/aromatic N) is 1. The molecule has 0 bridgehead atoms. The standard InChI is InChI=1S/C11H12N2O3/c1-14-8-4-3-7(5-10(8)15-2)9-6-11(12)13-16-9/h3-6H,1-2H3,(H2,12,13). The molecule has 1 heterocycles. The van der Waals surface area contributed by atoms with Gasteiger partial charge in [-0.15, -0.1) is 0 Å². The van der Waals surface area contributed by atoms with E-state index in [9.17, 15) is 0 Å². The Morgan fingerprint density at radius 3 is 2.44 bits per heavy atom. The minimum atomic E-state index is 0.352. The summed E-state index contributed by atoms with van der Waals surface area (Å²) in [4.78, 5) is 0. The summed E-state index contributed by atoms with van der Waals surface area (Å²) in [6, 6.07) is 7.11. The highest BCUT2D eigenvalue weighted by Gasteiger charge is 2.09. The van der Waals surface area contributed by atoms with E-state index in [2.05, 4.69) is 5.16 Å². The molecule has 0 radical (unpaired) electrons. The summed E-state index contributed by atoms with van der Waals surface area (Å²) in [7, 11) is 3.17. The maximum atomic E-state index is 5.48. The van der Waals surface area contributed by atoms with Crippen molar-refractivity contribution in [3.8, 4) is 22.8 Å². The van der Waals surface area contributed by atoms with E-state index in [1.54, 1.807) is 32.4 Å². The third-order valence-corrected chi connectivity index (χ3v) is 2.20. The lowest BCUT2D eigenvalue weighted by molar-refractivity contribution is 0.355. The van der Waals surface area contributed by atoms with Crippen molar-refractivity contribution in [2.75, 3.05) is 20.0 Å². The summed E-state index contributed by atoms with van der Waals surface area (Å²) < 4.78 is 15.4. The van der Waals surface area contributed by atoms with Gasteiger partial charge >= 0.3 is 0 Å². The fraction of sp³-hybridized carbons (Fsp3) is 0.182. The van der Waals surface area contributed by atoms with Gasteiger partial charge in [-0.25, -0.2) is 0 Å². The lowest BCUT2D eigenvalue weighted by atomic mass is 10.1. The van der Waals surface area contributed by atoms with Gasteiger partial charge in [0, 0.05) is 11.6 Å². The van der Waals surface area contributed by atoms with E-state index in [4.69, 9.17) is 19.7 Å². The van der Waals surface area contributed by atoms with Crippen molar-refractivity contribution in [3.63, 3.8) is 0 Å². The van der Waals surface area contributed by atoms with Crippen molar-refractivity contribution in [1.29, 1.82) is 0 Å². The molecule has 0 aliphatic heterocycles. The normalized spacial score (nSPS) is 10.1. The van der Waals surface area contributed by atoms with Crippen LogP contribution in [0.4, 0.5) is 5.82 Å². The van der Waals surface area contributed by atoms with Gasteiger partial charge < -0.3 is 19.7 Å². The fourth-order valence-electron chi connectivity index (χ4n) is 1.41. The molecule has 2 aromatic rings. The molecular formula is C11H12N2O3. The van der Waals surface area contributed by atoms with Gasteiger partial charge in [0.25, 0.3) is 0 Å². The monoisotopic (exact) mass is 220 g/mol. The molecule has 1 aromatic carbocycles. The summed E-state index contributed by atoms with van der Waals surface area (Å²) in [5.74, 6) is 2.25. The number of ether oxygens (including phenoxy) is 2. The molecule has 0 aliphatic carbocycles. The quantitative estimate of drug-likeness (QED) is 0.855. The maximum absolute atomic E-state index is 5.48. The molecule has 2 N–H and O–H groups in total. The van der Waals surface area contributed by atoms with E-state index in [1.165, 1.54) is 0 Å². The summed E-state index contributed by atoms with van der Waals surface area (Å²) in [6.07, 6.45) is 0. The molecular weight excluding hydrogens is 208 g/mol. The summed E-state index contributed by atoms with van der Waals surface area (Å²) in [5, 5.41) is 3.62. The van der Waals surface area contributed by atoms with Crippen LogP contribution in [0.25, 0.3) is 11.3 Å². The highest BCUT2D eigenvalue weighted by Crippen LogP contribution is 2.32. The number of aromatic nitrogens is 1.